The smallest absolute Gasteiger partial charge is 0.341 e. The lowest BCUT2D eigenvalue weighted by molar-refractivity contribution is -0.139. The first-order chi connectivity index (χ1) is 14.2. The van der Waals surface area contributed by atoms with Crippen LogP contribution in [-0.4, -0.2) is 36.2 Å². The van der Waals surface area contributed by atoms with Gasteiger partial charge in [0, 0.05) is 17.2 Å². The van der Waals surface area contributed by atoms with Gasteiger partial charge in [0.1, 0.15) is 5.75 Å². The summed E-state index contributed by atoms with van der Waals surface area (Å²) in [5.74, 6) is 0.290. The van der Waals surface area contributed by atoms with Crippen molar-refractivity contribution in [2.24, 2.45) is 0 Å². The Hall–Kier alpha value is -3.40. The number of hydrogen-bond donors (Lipinski definition) is 2. The van der Waals surface area contributed by atoms with Crippen LogP contribution in [0.3, 0.4) is 0 Å². The van der Waals surface area contributed by atoms with Crippen molar-refractivity contribution in [1.82, 2.24) is 10.1 Å². The van der Waals surface area contributed by atoms with Crippen molar-refractivity contribution >= 4 is 21.7 Å². The third-order valence-corrected chi connectivity index (χ3v) is 5.53. The van der Waals surface area contributed by atoms with Crippen LogP contribution in [0.5, 0.6) is 5.75 Å². The number of hydrogen-bond acceptors (Lipinski definition) is 7. The zero-order chi connectivity index (χ0) is 21.9. The van der Waals surface area contributed by atoms with E-state index in [2.05, 4.69) is 14.9 Å². The Kier molecular flexibility index (Phi) is 6.06. The van der Waals surface area contributed by atoms with Crippen molar-refractivity contribution < 1.29 is 27.6 Å². The number of nitrogens with zero attached hydrogens (tertiary/aromatic N) is 2. The minimum Gasteiger partial charge on any atom is -0.482 e. The number of rotatable bonds is 8. The molecule has 1 heterocycles. The number of carboxylic acid groups (broad SMARTS) is 1. The van der Waals surface area contributed by atoms with Gasteiger partial charge in [0.15, 0.2) is 12.4 Å². The zero-order valence-corrected chi connectivity index (χ0v) is 17.4. The molecule has 2 N–H and O–H groups in total. The second-order valence-corrected chi connectivity index (χ2v) is 8.59. The van der Waals surface area contributed by atoms with Crippen molar-refractivity contribution in [2.45, 2.75) is 31.6 Å². The van der Waals surface area contributed by atoms with Crippen LogP contribution in [0, 0.1) is 6.92 Å². The van der Waals surface area contributed by atoms with Crippen LogP contribution in [0.1, 0.15) is 31.2 Å². The number of aliphatic carboxylic acids is 1. The summed E-state index contributed by atoms with van der Waals surface area (Å²) in [7, 11) is -3.84. The molecule has 3 rings (SSSR count). The van der Waals surface area contributed by atoms with Crippen LogP contribution in [-0.2, 0) is 14.8 Å². The van der Waals surface area contributed by atoms with E-state index in [4.69, 9.17) is 14.4 Å². The number of carboxylic acids is 1. The maximum atomic E-state index is 12.7. The molecule has 0 spiro atoms. The Balaban J connectivity index is 1.74. The number of carbonyl (C=O) groups is 1. The Labute approximate surface area is 173 Å². The van der Waals surface area contributed by atoms with Crippen molar-refractivity contribution in [3.63, 3.8) is 0 Å². The third kappa shape index (κ3) is 4.95. The van der Waals surface area contributed by atoms with Crippen LogP contribution in [0.25, 0.3) is 11.5 Å². The van der Waals surface area contributed by atoms with Gasteiger partial charge in [-0.3, -0.25) is 4.72 Å². The number of nitrogens with one attached hydrogen (secondary N) is 1. The van der Waals surface area contributed by atoms with E-state index >= 15 is 0 Å². The van der Waals surface area contributed by atoms with Gasteiger partial charge in [-0.15, -0.1) is 0 Å². The van der Waals surface area contributed by atoms with Gasteiger partial charge in [0.2, 0.25) is 0 Å². The van der Waals surface area contributed by atoms with Crippen molar-refractivity contribution in [3.8, 4) is 17.2 Å². The number of ether oxygens (including phenoxy) is 1. The first-order valence-electron chi connectivity index (χ1n) is 9.08. The molecule has 3 aromatic rings. The molecule has 1 aromatic heterocycles. The maximum Gasteiger partial charge on any atom is 0.341 e. The van der Waals surface area contributed by atoms with Crippen molar-refractivity contribution in [1.29, 1.82) is 0 Å². The van der Waals surface area contributed by atoms with Crippen LogP contribution >= 0.6 is 0 Å². The molecule has 0 aliphatic rings. The number of sulfonamides is 1. The summed E-state index contributed by atoms with van der Waals surface area (Å²) in [5.41, 5.74) is 1.55. The number of aromatic nitrogens is 2. The average Bonchev–Trinajstić information content (AvgIpc) is 3.17. The molecule has 0 atom stereocenters. The van der Waals surface area contributed by atoms with Gasteiger partial charge >= 0.3 is 5.97 Å². The summed E-state index contributed by atoms with van der Waals surface area (Å²) in [5, 5.41) is 12.6. The molecule has 0 amide bonds. The van der Waals surface area contributed by atoms with Crippen molar-refractivity contribution in [2.75, 3.05) is 11.3 Å². The predicted molar refractivity (Wildman–Crippen MR) is 109 cm³/mol. The second kappa shape index (κ2) is 8.54. The zero-order valence-electron chi connectivity index (χ0n) is 16.6. The Morgan fingerprint density at radius 3 is 2.47 bits per heavy atom. The quantitative estimate of drug-likeness (QED) is 0.554. The molecule has 0 unspecified atom stereocenters. The van der Waals surface area contributed by atoms with Gasteiger partial charge in [-0.25, -0.2) is 13.2 Å². The molecule has 0 aliphatic carbocycles. The highest BCUT2D eigenvalue weighted by molar-refractivity contribution is 7.92. The first kappa shape index (κ1) is 21.3. The number of anilines is 1. The minimum atomic E-state index is -3.84. The topological polar surface area (TPSA) is 132 Å². The van der Waals surface area contributed by atoms with E-state index in [1.807, 2.05) is 13.8 Å². The highest BCUT2D eigenvalue weighted by Crippen LogP contribution is 2.25. The Morgan fingerprint density at radius 1 is 1.20 bits per heavy atom. The molecule has 0 saturated carbocycles. The fourth-order valence-corrected chi connectivity index (χ4v) is 3.72. The van der Waals surface area contributed by atoms with Crippen LogP contribution in [0.4, 0.5) is 5.69 Å². The Morgan fingerprint density at radius 2 is 1.90 bits per heavy atom. The molecule has 2 aromatic carbocycles. The normalized spacial score (nSPS) is 11.5. The predicted octanol–water partition coefficient (Wildman–Crippen LogP) is 3.43. The molecule has 0 aliphatic heterocycles. The molecule has 0 saturated heterocycles. The summed E-state index contributed by atoms with van der Waals surface area (Å²) in [6, 6.07) is 10.8. The van der Waals surface area contributed by atoms with Crippen LogP contribution < -0.4 is 9.46 Å². The summed E-state index contributed by atoms with van der Waals surface area (Å²) in [6.45, 7) is 5.05. The van der Waals surface area contributed by atoms with E-state index < -0.39 is 22.6 Å². The largest absolute Gasteiger partial charge is 0.482 e. The molecule has 158 valence electrons. The summed E-state index contributed by atoms with van der Waals surface area (Å²) in [4.78, 5) is 15.0. The standard InChI is InChI=1S/C20H21N3O6S/c1-12(2)19-21-20(29-22-19)14-4-6-15(7-5-14)23-30(26,27)16-8-9-17(13(3)10-16)28-11-18(24)25/h4-10,12,23H,11H2,1-3H3,(H,24,25). The average molecular weight is 431 g/mol. The van der Waals surface area contributed by atoms with Crippen LogP contribution in [0.2, 0.25) is 0 Å². The van der Waals surface area contributed by atoms with Gasteiger partial charge < -0.3 is 14.4 Å². The summed E-state index contributed by atoms with van der Waals surface area (Å²) < 4.78 is 38.2. The summed E-state index contributed by atoms with van der Waals surface area (Å²) >= 11 is 0. The van der Waals surface area contributed by atoms with E-state index in [9.17, 15) is 13.2 Å². The molecule has 0 radical (unpaired) electrons. The lowest BCUT2D eigenvalue weighted by atomic mass is 10.2. The lowest BCUT2D eigenvalue weighted by Gasteiger charge is -2.11. The fraction of sp³-hybridized carbons (Fsp3) is 0.250. The van der Waals surface area contributed by atoms with Gasteiger partial charge in [-0.05, 0) is 55.0 Å². The lowest BCUT2D eigenvalue weighted by Crippen LogP contribution is -2.14. The Bertz CT molecular complexity index is 1150. The highest BCUT2D eigenvalue weighted by atomic mass is 32.2. The SMILES string of the molecule is Cc1cc(S(=O)(=O)Nc2ccc(-c3nc(C(C)C)no3)cc2)ccc1OCC(=O)O. The van der Waals surface area contributed by atoms with Gasteiger partial charge in [-0.2, -0.15) is 4.98 Å². The van der Waals surface area contributed by atoms with Crippen molar-refractivity contribution in [3.05, 3.63) is 53.9 Å². The minimum absolute atomic E-state index is 0.0326. The van der Waals surface area contributed by atoms with Gasteiger partial charge in [-0.1, -0.05) is 19.0 Å². The molecule has 0 bridgehead atoms. The molecular weight excluding hydrogens is 410 g/mol. The van der Waals surface area contributed by atoms with Gasteiger partial charge in [0.05, 0.1) is 4.90 Å². The van der Waals surface area contributed by atoms with E-state index in [1.54, 1.807) is 31.2 Å². The molecular formula is C20H21N3O6S. The highest BCUT2D eigenvalue weighted by Gasteiger charge is 2.17. The monoisotopic (exact) mass is 431 g/mol. The van der Waals surface area contributed by atoms with E-state index in [0.29, 0.717) is 34.3 Å². The number of benzene rings is 2. The van der Waals surface area contributed by atoms with Crippen LogP contribution in [0.15, 0.2) is 51.9 Å². The van der Waals surface area contributed by atoms with Gasteiger partial charge in [0.25, 0.3) is 15.9 Å². The van der Waals surface area contributed by atoms with E-state index in [1.165, 1.54) is 18.2 Å². The second-order valence-electron chi connectivity index (χ2n) is 6.90. The molecule has 9 nitrogen and oxygen atoms in total. The van der Waals surface area contributed by atoms with E-state index in [-0.39, 0.29) is 10.8 Å². The number of aryl methyl sites for hydroxylation is 1. The fourth-order valence-electron chi connectivity index (χ4n) is 2.57. The third-order valence-electron chi connectivity index (χ3n) is 4.15. The maximum absolute atomic E-state index is 12.7. The molecule has 10 heteroatoms. The van der Waals surface area contributed by atoms with E-state index in [0.717, 1.165) is 0 Å². The molecule has 30 heavy (non-hydrogen) atoms. The summed E-state index contributed by atoms with van der Waals surface area (Å²) in [6.07, 6.45) is 0. The first-order valence-corrected chi connectivity index (χ1v) is 10.6. The molecule has 0 fully saturated rings.